The van der Waals surface area contributed by atoms with Crippen molar-refractivity contribution in [2.75, 3.05) is 6.61 Å². The van der Waals surface area contributed by atoms with Crippen molar-refractivity contribution in [3.8, 4) is 0 Å². The van der Waals surface area contributed by atoms with Crippen molar-refractivity contribution < 1.29 is 86.7 Å². The van der Waals surface area contributed by atoms with E-state index in [1.807, 2.05) is 0 Å². The fourth-order valence-corrected chi connectivity index (χ4v) is 4.63. The van der Waals surface area contributed by atoms with Gasteiger partial charge in [-0.15, -0.1) is 0 Å². The molecule has 5 unspecified atom stereocenters. The molecule has 0 bridgehead atoms. The predicted molar refractivity (Wildman–Crippen MR) is 101 cm³/mol. The Morgan fingerprint density at radius 2 is 1.54 bits per heavy atom. The lowest BCUT2D eigenvalue weighted by molar-refractivity contribution is -0.322. The van der Waals surface area contributed by atoms with Gasteiger partial charge in [-0.25, -0.2) is 13.2 Å². The van der Waals surface area contributed by atoms with Gasteiger partial charge in [0, 0.05) is 6.42 Å². The molecule has 20 nitrogen and oxygen atoms in total. The summed E-state index contributed by atoms with van der Waals surface area (Å²) >= 11 is 0. The van der Waals surface area contributed by atoms with Crippen LogP contribution in [0.15, 0.2) is 0 Å². The smallest absolute Gasteiger partial charge is 0.397 e. The zero-order valence-corrected chi connectivity index (χ0v) is 19.3. The molecule has 0 spiro atoms. The quantitative estimate of drug-likeness (QED) is 0.112. The van der Waals surface area contributed by atoms with E-state index in [2.05, 4.69) is 13.1 Å². The van der Waals surface area contributed by atoms with Gasteiger partial charge in [-0.1, -0.05) is 0 Å². The number of ether oxygens (including phenoxy) is 3. The molecule has 206 valence electrons. The summed E-state index contributed by atoms with van der Waals surface area (Å²) in [5, 5.41) is 39.8. The Morgan fingerprint density at radius 1 is 0.943 bits per heavy atom. The number of carboxylic acid groups (broad SMARTS) is 1. The van der Waals surface area contributed by atoms with E-state index in [0.29, 0.717) is 0 Å². The molecule has 0 aromatic rings. The number of carbonyl (C=O) groups is 1. The van der Waals surface area contributed by atoms with E-state index in [9.17, 15) is 50.5 Å². The Bertz CT molecular complexity index is 1070. The molecule has 2 rings (SSSR count). The van der Waals surface area contributed by atoms with Crippen LogP contribution in [0.1, 0.15) is 6.42 Å². The van der Waals surface area contributed by atoms with Crippen LogP contribution in [0, 0.1) is 0 Å². The first-order chi connectivity index (χ1) is 15.8. The van der Waals surface area contributed by atoms with Crippen LogP contribution in [-0.4, -0.2) is 127 Å². The summed E-state index contributed by atoms with van der Waals surface area (Å²) in [6.45, 7) is -0.979. The van der Waals surface area contributed by atoms with Crippen LogP contribution in [0.3, 0.4) is 0 Å². The van der Waals surface area contributed by atoms with Crippen LogP contribution in [-0.2, 0) is 58.5 Å². The minimum absolute atomic E-state index is 0.595. The number of aliphatic hydroxyl groups is 3. The maximum absolute atomic E-state index is 11.5. The lowest BCUT2D eigenvalue weighted by Gasteiger charge is -2.44. The second-order valence-electron chi connectivity index (χ2n) is 7.13. The Hall–Kier alpha value is -1.16. The average molecular weight is 579 g/mol. The van der Waals surface area contributed by atoms with Gasteiger partial charge in [0.2, 0.25) is 0 Å². The second-order valence-corrected chi connectivity index (χ2v) is 10.5. The van der Waals surface area contributed by atoms with Crippen molar-refractivity contribution in [3.63, 3.8) is 0 Å². The minimum Gasteiger partial charge on any atom is -0.479 e. The van der Waals surface area contributed by atoms with Crippen LogP contribution in [0.2, 0.25) is 0 Å². The summed E-state index contributed by atoms with van der Waals surface area (Å²) in [5.74, 6) is -1.92. The Balaban J connectivity index is 2.38. The third-order valence-corrected chi connectivity index (χ3v) is 6.00. The molecule has 0 aromatic carbocycles. The molecule has 2 aliphatic heterocycles. The number of aliphatic hydroxyl groups excluding tert-OH is 3. The van der Waals surface area contributed by atoms with Crippen LogP contribution < -0.4 is 4.72 Å². The third kappa shape index (κ3) is 9.02. The zero-order valence-electron chi connectivity index (χ0n) is 16.9. The van der Waals surface area contributed by atoms with Crippen molar-refractivity contribution in [3.05, 3.63) is 0 Å². The maximum atomic E-state index is 11.5. The normalized spacial score (nSPS) is 37.1. The summed E-state index contributed by atoms with van der Waals surface area (Å²) in [6, 6.07) is -1.96. The van der Waals surface area contributed by atoms with Crippen molar-refractivity contribution >= 4 is 37.1 Å². The first-order valence-corrected chi connectivity index (χ1v) is 13.2. The molecule has 0 aromatic heterocycles. The number of rotatable bonds is 10. The molecule has 0 saturated carbocycles. The molecule has 2 heterocycles. The van der Waals surface area contributed by atoms with Crippen LogP contribution in [0.25, 0.3) is 0 Å². The lowest BCUT2D eigenvalue weighted by Crippen LogP contribution is -2.65. The summed E-state index contributed by atoms with van der Waals surface area (Å²) in [6.07, 6.45) is -18.0. The molecule has 23 heteroatoms. The highest BCUT2D eigenvalue weighted by molar-refractivity contribution is 7.83. The van der Waals surface area contributed by atoms with Crippen LogP contribution in [0.4, 0.5) is 0 Å². The lowest BCUT2D eigenvalue weighted by atomic mass is 9.97. The van der Waals surface area contributed by atoms with E-state index in [-0.39, 0.29) is 0 Å². The van der Waals surface area contributed by atoms with Gasteiger partial charge in [0.15, 0.2) is 24.8 Å². The molecular formula is C12H21NO19S3. The summed E-state index contributed by atoms with van der Waals surface area (Å²) < 4.78 is 117. The van der Waals surface area contributed by atoms with Crippen LogP contribution >= 0.6 is 0 Å². The van der Waals surface area contributed by atoms with Gasteiger partial charge in [0.05, 0.1) is 18.8 Å². The molecule has 8 N–H and O–H groups in total. The first kappa shape index (κ1) is 30.1. The number of hydrogen-bond donors (Lipinski definition) is 8. The summed E-state index contributed by atoms with van der Waals surface area (Å²) in [7, 11) is -15.5. The Kier molecular flexibility index (Phi) is 9.51. The van der Waals surface area contributed by atoms with Gasteiger partial charge >= 0.3 is 37.1 Å². The average Bonchev–Trinajstić information content (AvgIpc) is 2.65. The monoisotopic (exact) mass is 579 g/mol. The fourth-order valence-electron chi connectivity index (χ4n) is 3.21. The van der Waals surface area contributed by atoms with E-state index < -0.39 is 105 Å². The summed E-state index contributed by atoms with van der Waals surface area (Å²) in [4.78, 5) is 11.5. The second kappa shape index (κ2) is 11.1. The molecule has 9 atom stereocenters. The molecule has 0 aliphatic carbocycles. The first-order valence-electron chi connectivity index (χ1n) is 9.03. The zero-order chi connectivity index (χ0) is 26.9. The van der Waals surface area contributed by atoms with Crippen molar-refractivity contribution in [2.45, 2.75) is 61.7 Å². The third-order valence-electron chi connectivity index (χ3n) is 4.53. The Morgan fingerprint density at radius 3 is 2.03 bits per heavy atom. The number of carboxylic acids is 1. The highest BCUT2D eigenvalue weighted by Gasteiger charge is 2.53. The molecule has 2 saturated heterocycles. The molecule has 2 fully saturated rings. The maximum Gasteiger partial charge on any atom is 0.397 e. The van der Waals surface area contributed by atoms with E-state index >= 15 is 0 Å². The van der Waals surface area contributed by atoms with E-state index in [4.69, 9.17) is 23.1 Å². The standard InChI is InChI=1S/C12H21NO19S3/c14-4-1-3(2-28-34(22,23)24)29-12(5(4)13-33(19,20)21)31-7-6(15)8(32-35(25,26)27)11(18)30-9(7)10(16)17/h3-9,11-15,18H,1-2H2,(H,16,17)(H,19,20,21)(H,22,23,24)(H,25,26,27)/t3?,4-,5?,6-,7-,8?,9?,11?,12+/m1/s1. The number of aliphatic carboxylic acids is 1. The molecule has 0 amide bonds. The fraction of sp³-hybridized carbons (Fsp3) is 0.917. The molecule has 2 aliphatic rings. The Labute approximate surface area is 197 Å². The van der Waals surface area contributed by atoms with E-state index in [1.165, 1.54) is 4.72 Å². The van der Waals surface area contributed by atoms with Gasteiger partial charge in [0.25, 0.3) is 0 Å². The topological polar surface area (TPSA) is 319 Å². The van der Waals surface area contributed by atoms with E-state index in [0.717, 1.165) is 0 Å². The highest BCUT2D eigenvalue weighted by Crippen LogP contribution is 2.30. The largest absolute Gasteiger partial charge is 0.479 e. The molecule has 0 radical (unpaired) electrons. The van der Waals surface area contributed by atoms with Gasteiger partial charge in [-0.3, -0.25) is 13.7 Å². The van der Waals surface area contributed by atoms with Crippen molar-refractivity contribution in [1.82, 2.24) is 4.72 Å². The minimum atomic E-state index is -5.35. The number of hydrogen-bond acceptors (Lipinski definition) is 15. The number of nitrogens with one attached hydrogen (secondary N) is 1. The molecule has 35 heavy (non-hydrogen) atoms. The van der Waals surface area contributed by atoms with Gasteiger partial charge < -0.3 is 34.6 Å². The van der Waals surface area contributed by atoms with Gasteiger partial charge in [-0.05, 0) is 0 Å². The molecular weight excluding hydrogens is 558 g/mol. The summed E-state index contributed by atoms with van der Waals surface area (Å²) in [5.41, 5.74) is 0. The van der Waals surface area contributed by atoms with Crippen LogP contribution in [0.5, 0.6) is 0 Å². The van der Waals surface area contributed by atoms with Crippen molar-refractivity contribution in [2.24, 2.45) is 0 Å². The van der Waals surface area contributed by atoms with Gasteiger partial charge in [-0.2, -0.15) is 30.0 Å². The SMILES string of the molecule is O=C(O)C1OC(O)C(OS(=O)(=O)O)[C@H](O)[C@H]1O[C@@H]1OC(COS(=O)(=O)O)C[C@@H](O)C1NS(=O)(=O)O. The highest BCUT2D eigenvalue weighted by atomic mass is 32.3. The van der Waals surface area contributed by atoms with Gasteiger partial charge in [0.1, 0.15) is 18.2 Å². The predicted octanol–water partition coefficient (Wildman–Crippen LogP) is -5.22. The van der Waals surface area contributed by atoms with Crippen molar-refractivity contribution in [1.29, 1.82) is 0 Å². The van der Waals surface area contributed by atoms with E-state index in [1.54, 1.807) is 0 Å².